The van der Waals surface area contributed by atoms with Crippen molar-refractivity contribution in [2.24, 2.45) is 0 Å². The van der Waals surface area contributed by atoms with Crippen molar-refractivity contribution < 1.29 is 9.66 Å². The zero-order valence-corrected chi connectivity index (χ0v) is 11.9. The molecular weight excluding hydrogens is 336 g/mol. The van der Waals surface area contributed by atoms with Gasteiger partial charge in [-0.1, -0.05) is 23.7 Å². The van der Waals surface area contributed by atoms with Crippen molar-refractivity contribution in [3.05, 3.63) is 61.8 Å². The van der Waals surface area contributed by atoms with Gasteiger partial charge in [0, 0.05) is 17.8 Å². The number of ether oxygens (including phenoxy) is 1. The fraction of sp³-hybridized carbons (Fsp3) is 0.0833. The van der Waals surface area contributed by atoms with E-state index in [2.05, 4.69) is 20.9 Å². The van der Waals surface area contributed by atoms with Crippen LogP contribution in [-0.2, 0) is 6.61 Å². The molecule has 0 saturated carbocycles. The molecule has 0 radical (unpaired) electrons. The summed E-state index contributed by atoms with van der Waals surface area (Å²) in [7, 11) is 0. The lowest BCUT2D eigenvalue weighted by molar-refractivity contribution is -0.386. The lowest BCUT2D eigenvalue weighted by Crippen LogP contribution is -2.00. The molecule has 0 aliphatic rings. The summed E-state index contributed by atoms with van der Waals surface area (Å²) >= 11 is 8.91. The SMILES string of the molecule is O=[N+]([O-])c1cccc(Br)c1OCc1ccc(Cl)nc1. The zero-order chi connectivity index (χ0) is 13.8. The first-order valence-electron chi connectivity index (χ1n) is 5.24. The molecule has 5 nitrogen and oxygen atoms in total. The molecule has 0 atom stereocenters. The molecule has 0 N–H and O–H groups in total. The predicted molar refractivity (Wildman–Crippen MR) is 74.4 cm³/mol. The van der Waals surface area contributed by atoms with Crippen molar-refractivity contribution in [3.63, 3.8) is 0 Å². The largest absolute Gasteiger partial charge is 0.481 e. The van der Waals surface area contributed by atoms with Gasteiger partial charge in [-0.05, 0) is 28.1 Å². The summed E-state index contributed by atoms with van der Waals surface area (Å²) in [5, 5.41) is 11.3. The number of aromatic nitrogens is 1. The highest BCUT2D eigenvalue weighted by Gasteiger charge is 2.17. The molecule has 19 heavy (non-hydrogen) atoms. The molecule has 0 unspecified atom stereocenters. The zero-order valence-electron chi connectivity index (χ0n) is 9.55. The van der Waals surface area contributed by atoms with E-state index in [9.17, 15) is 10.1 Å². The van der Waals surface area contributed by atoms with Gasteiger partial charge < -0.3 is 4.74 Å². The molecule has 0 amide bonds. The number of hydrogen-bond donors (Lipinski definition) is 0. The number of rotatable bonds is 4. The molecular formula is C12H8BrClN2O3. The minimum absolute atomic E-state index is 0.0868. The topological polar surface area (TPSA) is 65.3 Å². The van der Waals surface area contributed by atoms with Crippen molar-refractivity contribution in [2.45, 2.75) is 6.61 Å². The molecule has 0 saturated heterocycles. The van der Waals surface area contributed by atoms with Crippen molar-refractivity contribution in [2.75, 3.05) is 0 Å². The highest BCUT2D eigenvalue weighted by Crippen LogP contribution is 2.35. The number of nitro groups is 1. The number of pyridine rings is 1. The van der Waals surface area contributed by atoms with Gasteiger partial charge in [-0.15, -0.1) is 0 Å². The van der Waals surface area contributed by atoms with Gasteiger partial charge in [0.1, 0.15) is 11.8 Å². The molecule has 0 fully saturated rings. The molecule has 1 aromatic heterocycles. The van der Waals surface area contributed by atoms with Crippen LogP contribution in [0, 0.1) is 10.1 Å². The Hall–Kier alpha value is -1.66. The van der Waals surface area contributed by atoms with Crippen LogP contribution in [0.4, 0.5) is 5.69 Å². The normalized spacial score (nSPS) is 10.2. The van der Waals surface area contributed by atoms with E-state index < -0.39 is 4.92 Å². The third kappa shape index (κ3) is 3.42. The molecule has 0 aliphatic heterocycles. The number of para-hydroxylation sites is 1. The minimum atomic E-state index is -0.486. The maximum Gasteiger partial charge on any atom is 0.312 e. The number of benzene rings is 1. The van der Waals surface area contributed by atoms with Crippen LogP contribution in [0.2, 0.25) is 5.15 Å². The summed E-state index contributed by atoms with van der Waals surface area (Å²) < 4.78 is 6.01. The maximum atomic E-state index is 10.9. The van der Waals surface area contributed by atoms with Gasteiger partial charge in [0.25, 0.3) is 0 Å². The third-order valence-electron chi connectivity index (χ3n) is 2.31. The van der Waals surface area contributed by atoms with Crippen LogP contribution < -0.4 is 4.74 Å². The molecule has 2 aromatic rings. The van der Waals surface area contributed by atoms with E-state index in [-0.39, 0.29) is 18.0 Å². The van der Waals surface area contributed by atoms with Crippen LogP contribution in [0.3, 0.4) is 0 Å². The Bertz CT molecular complexity index is 604. The average Bonchev–Trinajstić information content (AvgIpc) is 2.39. The average molecular weight is 344 g/mol. The van der Waals surface area contributed by atoms with Gasteiger partial charge >= 0.3 is 5.69 Å². The van der Waals surface area contributed by atoms with Gasteiger partial charge in [0.15, 0.2) is 0 Å². The number of nitrogens with zero attached hydrogens (tertiary/aromatic N) is 2. The van der Waals surface area contributed by atoms with Crippen molar-refractivity contribution in [3.8, 4) is 5.75 Å². The third-order valence-corrected chi connectivity index (χ3v) is 3.16. The summed E-state index contributed by atoms with van der Waals surface area (Å²) in [4.78, 5) is 14.3. The van der Waals surface area contributed by atoms with Crippen LogP contribution >= 0.6 is 27.5 Å². The Balaban J connectivity index is 2.19. The van der Waals surface area contributed by atoms with Crippen LogP contribution in [0.1, 0.15) is 5.56 Å². The fourth-order valence-electron chi connectivity index (χ4n) is 1.43. The minimum Gasteiger partial charge on any atom is -0.481 e. The lowest BCUT2D eigenvalue weighted by atomic mass is 10.3. The van der Waals surface area contributed by atoms with E-state index in [1.165, 1.54) is 6.07 Å². The second-order valence-electron chi connectivity index (χ2n) is 3.62. The van der Waals surface area contributed by atoms with Crippen LogP contribution in [0.25, 0.3) is 0 Å². The number of nitro benzene ring substituents is 1. The first-order chi connectivity index (χ1) is 9.08. The van der Waals surface area contributed by atoms with Crippen LogP contribution in [0.5, 0.6) is 5.75 Å². The highest BCUT2D eigenvalue weighted by molar-refractivity contribution is 9.10. The van der Waals surface area contributed by atoms with E-state index in [1.54, 1.807) is 30.5 Å². The fourth-order valence-corrected chi connectivity index (χ4v) is 2.01. The quantitative estimate of drug-likeness (QED) is 0.478. The molecule has 1 heterocycles. The predicted octanol–water partition coefficient (Wildman–Crippen LogP) is 3.98. The lowest BCUT2D eigenvalue weighted by Gasteiger charge is -2.08. The van der Waals surface area contributed by atoms with E-state index >= 15 is 0 Å². The molecule has 0 bridgehead atoms. The Labute approximate surface area is 122 Å². The molecule has 98 valence electrons. The number of hydrogen-bond acceptors (Lipinski definition) is 4. The van der Waals surface area contributed by atoms with Gasteiger partial charge in [-0.3, -0.25) is 10.1 Å². The van der Waals surface area contributed by atoms with E-state index in [4.69, 9.17) is 16.3 Å². The summed E-state index contributed by atoms with van der Waals surface area (Å²) in [6.45, 7) is 0.174. The van der Waals surface area contributed by atoms with Crippen LogP contribution in [0.15, 0.2) is 41.0 Å². The molecule has 1 aromatic carbocycles. The Morgan fingerprint density at radius 2 is 2.16 bits per heavy atom. The van der Waals surface area contributed by atoms with Gasteiger partial charge in [0.05, 0.1) is 9.40 Å². The second-order valence-corrected chi connectivity index (χ2v) is 4.86. The summed E-state index contributed by atoms with van der Waals surface area (Å²) in [5.74, 6) is 0.197. The Morgan fingerprint density at radius 3 is 2.79 bits per heavy atom. The monoisotopic (exact) mass is 342 g/mol. The first-order valence-corrected chi connectivity index (χ1v) is 6.41. The van der Waals surface area contributed by atoms with Crippen molar-refractivity contribution in [1.82, 2.24) is 4.98 Å². The van der Waals surface area contributed by atoms with Gasteiger partial charge in [0.2, 0.25) is 5.75 Å². The highest BCUT2D eigenvalue weighted by atomic mass is 79.9. The standard InChI is InChI=1S/C12H8BrClN2O3/c13-9-2-1-3-10(16(17)18)12(9)19-7-8-4-5-11(14)15-6-8/h1-6H,7H2. The van der Waals surface area contributed by atoms with Crippen molar-refractivity contribution in [1.29, 1.82) is 0 Å². The van der Waals surface area contributed by atoms with Gasteiger partial charge in [-0.25, -0.2) is 4.98 Å². The molecule has 2 rings (SSSR count). The van der Waals surface area contributed by atoms with E-state index in [0.717, 1.165) is 5.56 Å². The molecule has 0 aliphatic carbocycles. The Morgan fingerprint density at radius 1 is 1.37 bits per heavy atom. The second kappa shape index (κ2) is 5.99. The summed E-state index contributed by atoms with van der Waals surface area (Å²) in [6.07, 6.45) is 1.56. The number of halogens is 2. The Kier molecular flexibility index (Phi) is 4.34. The van der Waals surface area contributed by atoms with E-state index in [0.29, 0.717) is 9.63 Å². The maximum absolute atomic E-state index is 10.9. The molecule has 0 spiro atoms. The summed E-state index contributed by atoms with van der Waals surface area (Å²) in [6, 6.07) is 8.04. The van der Waals surface area contributed by atoms with Crippen molar-refractivity contribution >= 4 is 33.2 Å². The smallest absolute Gasteiger partial charge is 0.312 e. The first kappa shape index (κ1) is 13.8. The van der Waals surface area contributed by atoms with Gasteiger partial charge in [-0.2, -0.15) is 0 Å². The van der Waals surface area contributed by atoms with E-state index in [1.807, 2.05) is 0 Å². The summed E-state index contributed by atoms with van der Waals surface area (Å²) in [5.41, 5.74) is 0.686. The molecule has 7 heteroatoms. The van der Waals surface area contributed by atoms with Crippen LogP contribution in [-0.4, -0.2) is 9.91 Å².